The third-order valence-electron chi connectivity index (χ3n) is 6.61. The van der Waals surface area contributed by atoms with Gasteiger partial charge in [0.1, 0.15) is 11.6 Å². The molecule has 36 heavy (non-hydrogen) atoms. The number of nitrogen functional groups attached to an aromatic ring is 1. The van der Waals surface area contributed by atoms with Gasteiger partial charge in [0, 0.05) is 41.6 Å². The molecule has 0 amide bonds. The number of hydrogen-bond acceptors (Lipinski definition) is 6. The van der Waals surface area contributed by atoms with Gasteiger partial charge in [0.15, 0.2) is 5.78 Å². The second kappa shape index (κ2) is 14.5. The molecule has 7 heteroatoms. The number of carbonyl (C=O) groups is 1. The van der Waals surface area contributed by atoms with Crippen molar-refractivity contribution in [1.82, 2.24) is 10.3 Å². The maximum absolute atomic E-state index is 10.2. The second-order valence-electron chi connectivity index (χ2n) is 9.81. The molecule has 7 nitrogen and oxygen atoms in total. The standard InChI is InChI=1S/C23H31N3O2.C4H6O.C2H7N/c1-14-10-15(11-14)12-18-19(13-20(24)17-4-2-3-5-21(17)27)23(25)26-22(18)16-6-8-28-9-7-16;1-3-4(2)5;1-3-2/h2-5,13-16,26-27H,6-12,24-25H2,1H3;3H,1H2,2H3;3H,1-2H3/b20-13-;;. The highest BCUT2D eigenvalue weighted by molar-refractivity contribution is 5.86. The fraction of sp³-hybridized carbons (Fsp3) is 0.483. The summed E-state index contributed by atoms with van der Waals surface area (Å²) in [4.78, 5) is 13.2. The molecule has 198 valence electrons. The Morgan fingerprint density at radius 2 is 1.83 bits per heavy atom. The Morgan fingerprint density at radius 3 is 2.36 bits per heavy atom. The van der Waals surface area contributed by atoms with E-state index < -0.39 is 0 Å². The number of hydrogen-bond donors (Lipinski definition) is 5. The molecular weight excluding hydrogens is 452 g/mol. The molecule has 7 N–H and O–H groups in total. The Labute approximate surface area is 216 Å². The van der Waals surface area contributed by atoms with E-state index in [-0.39, 0.29) is 11.5 Å². The second-order valence-corrected chi connectivity index (χ2v) is 9.81. The molecule has 0 bridgehead atoms. The number of H-pyrrole nitrogens is 1. The highest BCUT2D eigenvalue weighted by Crippen LogP contribution is 2.41. The number of nitrogens with one attached hydrogen (secondary N) is 2. The van der Waals surface area contributed by atoms with E-state index in [1.54, 1.807) is 12.1 Å². The van der Waals surface area contributed by atoms with Gasteiger partial charge in [-0.05, 0) is 94.8 Å². The monoisotopic (exact) mass is 496 g/mol. The van der Waals surface area contributed by atoms with Gasteiger partial charge in [-0.3, -0.25) is 4.79 Å². The van der Waals surface area contributed by atoms with Gasteiger partial charge in [-0.2, -0.15) is 0 Å². The van der Waals surface area contributed by atoms with Crippen LogP contribution in [0.5, 0.6) is 5.75 Å². The van der Waals surface area contributed by atoms with Crippen molar-refractivity contribution in [3.05, 3.63) is 59.3 Å². The third kappa shape index (κ3) is 8.28. The first-order valence-electron chi connectivity index (χ1n) is 12.8. The minimum absolute atomic E-state index is 0.0185. The minimum Gasteiger partial charge on any atom is -0.507 e. The van der Waals surface area contributed by atoms with Crippen molar-refractivity contribution < 1.29 is 14.6 Å². The quantitative estimate of drug-likeness (QED) is 0.364. The molecule has 1 aromatic heterocycles. The average molecular weight is 497 g/mol. The molecule has 0 atom stereocenters. The first-order chi connectivity index (χ1) is 17.2. The number of benzene rings is 1. The lowest BCUT2D eigenvalue weighted by Gasteiger charge is -2.33. The van der Waals surface area contributed by atoms with Gasteiger partial charge >= 0.3 is 0 Å². The van der Waals surface area contributed by atoms with Crippen molar-refractivity contribution in [2.24, 2.45) is 17.6 Å². The van der Waals surface area contributed by atoms with Crippen LogP contribution in [-0.2, 0) is 16.0 Å². The summed E-state index contributed by atoms with van der Waals surface area (Å²) in [6, 6.07) is 7.15. The van der Waals surface area contributed by atoms with Crippen molar-refractivity contribution >= 4 is 23.4 Å². The Balaban J connectivity index is 0.000000501. The number of aromatic amines is 1. The number of phenolic OH excluding ortho intramolecular Hbond substituents is 1. The van der Waals surface area contributed by atoms with Crippen LogP contribution in [0.25, 0.3) is 11.8 Å². The van der Waals surface area contributed by atoms with E-state index in [0.717, 1.165) is 44.0 Å². The topological polar surface area (TPSA) is 126 Å². The van der Waals surface area contributed by atoms with Crippen LogP contribution < -0.4 is 16.8 Å². The number of carbonyl (C=O) groups excluding carboxylic acids is 1. The van der Waals surface area contributed by atoms with Crippen LogP contribution in [0.15, 0.2) is 36.9 Å². The summed E-state index contributed by atoms with van der Waals surface area (Å²) in [6.45, 7) is 8.59. The zero-order valence-electron chi connectivity index (χ0n) is 22.3. The maximum atomic E-state index is 10.2. The van der Waals surface area contributed by atoms with Crippen molar-refractivity contribution in [1.29, 1.82) is 0 Å². The van der Waals surface area contributed by atoms with E-state index in [0.29, 0.717) is 28.9 Å². The Bertz CT molecular complexity index is 1020. The van der Waals surface area contributed by atoms with Crippen LogP contribution in [-0.4, -0.2) is 43.2 Å². The number of ketones is 1. The first-order valence-corrected chi connectivity index (χ1v) is 12.8. The number of rotatable bonds is 6. The summed E-state index contributed by atoms with van der Waals surface area (Å²) >= 11 is 0. The Kier molecular flexibility index (Phi) is 11.8. The zero-order chi connectivity index (χ0) is 26.7. The zero-order valence-corrected chi connectivity index (χ0v) is 22.3. The van der Waals surface area contributed by atoms with Crippen molar-refractivity contribution in [2.45, 2.75) is 51.9 Å². The van der Waals surface area contributed by atoms with Gasteiger partial charge < -0.3 is 31.6 Å². The van der Waals surface area contributed by atoms with E-state index in [4.69, 9.17) is 16.2 Å². The third-order valence-corrected chi connectivity index (χ3v) is 6.61. The summed E-state index contributed by atoms with van der Waals surface area (Å²) in [5.41, 5.74) is 17.5. The van der Waals surface area contributed by atoms with Gasteiger partial charge in [0.2, 0.25) is 0 Å². The Hall–Kier alpha value is -3.03. The van der Waals surface area contributed by atoms with Crippen molar-refractivity contribution in [3.8, 4) is 5.75 Å². The summed E-state index contributed by atoms with van der Waals surface area (Å²) in [6.07, 6.45) is 8.83. The van der Waals surface area contributed by atoms with Crippen LogP contribution in [0.3, 0.4) is 0 Å². The average Bonchev–Trinajstić information content (AvgIpc) is 3.14. The van der Waals surface area contributed by atoms with Gasteiger partial charge in [-0.25, -0.2) is 0 Å². The number of aromatic nitrogens is 1. The van der Waals surface area contributed by atoms with Gasteiger partial charge in [0.25, 0.3) is 0 Å². The molecule has 0 radical (unpaired) electrons. The number of para-hydroxylation sites is 1. The molecule has 2 fully saturated rings. The van der Waals surface area contributed by atoms with Crippen LogP contribution in [0, 0.1) is 11.8 Å². The van der Waals surface area contributed by atoms with Crippen molar-refractivity contribution in [3.63, 3.8) is 0 Å². The number of anilines is 1. The molecule has 1 aliphatic carbocycles. The lowest BCUT2D eigenvalue weighted by Crippen LogP contribution is -2.24. The summed E-state index contributed by atoms with van der Waals surface area (Å²) in [5.74, 6) is 2.86. The molecule has 1 aromatic carbocycles. The Morgan fingerprint density at radius 1 is 1.25 bits per heavy atom. The van der Waals surface area contributed by atoms with Gasteiger partial charge in [-0.15, -0.1) is 0 Å². The smallest absolute Gasteiger partial charge is 0.152 e. The number of phenols is 1. The van der Waals surface area contributed by atoms with E-state index in [1.165, 1.54) is 37.1 Å². The normalized spacial score (nSPS) is 19.7. The fourth-order valence-electron chi connectivity index (χ4n) is 4.79. The SMILES string of the molecule is C=CC(C)=O.CC1CC(Cc2c(C3CCOCC3)[nH]c(N)c2/C=C(\N)c2ccccc2O)C1.CNC. The largest absolute Gasteiger partial charge is 0.507 e. The molecule has 0 spiro atoms. The molecule has 0 unspecified atom stereocenters. The summed E-state index contributed by atoms with van der Waals surface area (Å²) in [7, 11) is 3.75. The lowest BCUT2D eigenvalue weighted by atomic mass is 9.72. The van der Waals surface area contributed by atoms with E-state index in [2.05, 4.69) is 23.8 Å². The molecule has 2 heterocycles. The molecular formula is C29H44N4O3. The molecule has 2 aliphatic rings. The fourth-order valence-corrected chi connectivity index (χ4v) is 4.79. The lowest BCUT2D eigenvalue weighted by molar-refractivity contribution is -0.112. The first kappa shape index (κ1) is 29.2. The van der Waals surface area contributed by atoms with Crippen LogP contribution in [0.4, 0.5) is 5.82 Å². The van der Waals surface area contributed by atoms with E-state index >= 15 is 0 Å². The summed E-state index contributed by atoms with van der Waals surface area (Å²) in [5, 5.41) is 12.9. The van der Waals surface area contributed by atoms with Crippen LogP contribution >= 0.6 is 0 Å². The summed E-state index contributed by atoms with van der Waals surface area (Å²) < 4.78 is 5.56. The van der Waals surface area contributed by atoms with Crippen molar-refractivity contribution in [2.75, 3.05) is 33.0 Å². The van der Waals surface area contributed by atoms with Crippen LogP contribution in [0.1, 0.15) is 67.8 Å². The molecule has 1 saturated carbocycles. The van der Waals surface area contributed by atoms with Gasteiger partial charge in [-0.1, -0.05) is 25.6 Å². The van der Waals surface area contributed by atoms with E-state index in [1.807, 2.05) is 32.3 Å². The maximum Gasteiger partial charge on any atom is 0.152 e. The number of nitrogens with two attached hydrogens (primary N) is 2. The van der Waals surface area contributed by atoms with Crippen LogP contribution in [0.2, 0.25) is 0 Å². The molecule has 4 rings (SSSR count). The number of ether oxygens (including phenoxy) is 1. The number of allylic oxidation sites excluding steroid dienone is 1. The number of aromatic hydroxyl groups is 1. The molecule has 1 aliphatic heterocycles. The predicted molar refractivity (Wildman–Crippen MR) is 150 cm³/mol. The highest BCUT2D eigenvalue weighted by Gasteiger charge is 2.30. The molecule has 1 saturated heterocycles. The minimum atomic E-state index is 0.0185. The van der Waals surface area contributed by atoms with E-state index in [9.17, 15) is 9.90 Å². The molecule has 2 aromatic rings. The van der Waals surface area contributed by atoms with Gasteiger partial charge in [0.05, 0.1) is 0 Å². The predicted octanol–water partition coefficient (Wildman–Crippen LogP) is 4.84. The highest BCUT2D eigenvalue weighted by atomic mass is 16.5.